The second-order valence-corrected chi connectivity index (χ2v) is 8.10. The molecule has 4 nitrogen and oxygen atoms in total. The van der Waals surface area contributed by atoms with E-state index >= 15 is 0 Å². The topological polar surface area (TPSA) is 47.5 Å². The number of benzene rings is 2. The molecule has 2 atom stereocenters. The number of aromatic nitrogens is 1. The Morgan fingerprint density at radius 1 is 1.19 bits per heavy atom. The molecule has 5 heteroatoms. The maximum absolute atomic E-state index is 12.1. The summed E-state index contributed by atoms with van der Waals surface area (Å²) in [5, 5.41) is 2.14. The van der Waals surface area contributed by atoms with Gasteiger partial charge in [-0.05, 0) is 37.1 Å². The van der Waals surface area contributed by atoms with Crippen LogP contribution in [0.15, 0.2) is 57.7 Å². The van der Waals surface area contributed by atoms with Gasteiger partial charge in [0.15, 0.2) is 5.01 Å². The maximum Gasteiger partial charge on any atom is 0.336 e. The average Bonchev–Trinajstić information content (AvgIpc) is 3.10. The maximum atomic E-state index is 12.1. The number of para-hydroxylation sites is 1. The SMILES string of the molecule is CCc1ccc2c(C[NH+](C)[C@H](C)c3nc4ccccc4s3)cc(=O)oc2c1. The molecule has 0 saturated carbocycles. The van der Waals surface area contributed by atoms with Gasteiger partial charge in [-0.25, -0.2) is 9.78 Å². The van der Waals surface area contributed by atoms with Gasteiger partial charge in [0.2, 0.25) is 0 Å². The zero-order valence-corrected chi connectivity index (χ0v) is 16.6. The van der Waals surface area contributed by atoms with Crippen molar-refractivity contribution in [3.8, 4) is 0 Å². The number of nitrogens with zero attached hydrogens (tertiary/aromatic N) is 1. The summed E-state index contributed by atoms with van der Waals surface area (Å²) in [5.74, 6) is 0. The summed E-state index contributed by atoms with van der Waals surface area (Å²) >= 11 is 1.74. The van der Waals surface area contributed by atoms with Crippen molar-refractivity contribution in [1.29, 1.82) is 0 Å². The molecule has 0 spiro atoms. The van der Waals surface area contributed by atoms with Crippen LogP contribution in [-0.2, 0) is 13.0 Å². The third-order valence-electron chi connectivity index (χ3n) is 5.19. The summed E-state index contributed by atoms with van der Waals surface area (Å²) in [6.45, 7) is 5.03. The van der Waals surface area contributed by atoms with Crippen molar-refractivity contribution in [3.63, 3.8) is 0 Å². The number of hydrogen-bond acceptors (Lipinski definition) is 4. The zero-order valence-electron chi connectivity index (χ0n) is 15.8. The van der Waals surface area contributed by atoms with E-state index in [0.29, 0.717) is 5.58 Å². The van der Waals surface area contributed by atoms with Gasteiger partial charge in [0.25, 0.3) is 0 Å². The van der Waals surface area contributed by atoms with Crippen LogP contribution in [0.25, 0.3) is 21.2 Å². The Morgan fingerprint density at radius 3 is 2.78 bits per heavy atom. The number of aryl methyl sites for hydroxylation is 1. The number of fused-ring (bicyclic) bond motifs is 2. The molecule has 4 aromatic rings. The van der Waals surface area contributed by atoms with Crippen molar-refractivity contribution in [1.82, 2.24) is 4.98 Å². The fraction of sp³-hybridized carbons (Fsp3) is 0.273. The summed E-state index contributed by atoms with van der Waals surface area (Å²) in [4.78, 5) is 18.1. The first-order valence-electron chi connectivity index (χ1n) is 9.28. The van der Waals surface area contributed by atoms with Gasteiger partial charge >= 0.3 is 5.63 Å². The molecule has 2 aromatic carbocycles. The minimum absolute atomic E-state index is 0.236. The van der Waals surface area contributed by atoms with Crippen LogP contribution < -0.4 is 10.5 Å². The molecule has 0 amide bonds. The second kappa shape index (κ2) is 7.25. The molecule has 138 valence electrons. The minimum atomic E-state index is -0.286. The largest absolute Gasteiger partial charge is 0.423 e. The zero-order chi connectivity index (χ0) is 19.0. The number of nitrogens with one attached hydrogen (secondary N) is 1. The molecular formula is C22H23N2O2S+. The van der Waals surface area contributed by atoms with Crippen LogP contribution in [0.2, 0.25) is 0 Å². The van der Waals surface area contributed by atoms with E-state index in [0.717, 1.165) is 34.4 Å². The monoisotopic (exact) mass is 379 g/mol. The smallest absolute Gasteiger partial charge is 0.336 e. The van der Waals surface area contributed by atoms with Gasteiger partial charge < -0.3 is 9.32 Å². The van der Waals surface area contributed by atoms with E-state index in [1.807, 2.05) is 18.2 Å². The van der Waals surface area contributed by atoms with E-state index in [9.17, 15) is 4.79 Å². The number of thiazole rings is 1. The van der Waals surface area contributed by atoms with E-state index in [1.165, 1.54) is 15.2 Å². The highest BCUT2D eigenvalue weighted by molar-refractivity contribution is 7.18. The van der Waals surface area contributed by atoms with E-state index in [2.05, 4.69) is 45.2 Å². The molecule has 0 aliphatic carbocycles. The molecule has 27 heavy (non-hydrogen) atoms. The third kappa shape index (κ3) is 3.53. The quantitative estimate of drug-likeness (QED) is 0.538. The lowest BCUT2D eigenvalue weighted by Gasteiger charge is -2.20. The van der Waals surface area contributed by atoms with Gasteiger partial charge in [0.05, 0.1) is 17.3 Å². The van der Waals surface area contributed by atoms with E-state index in [4.69, 9.17) is 9.40 Å². The summed E-state index contributed by atoms with van der Waals surface area (Å²) in [6.07, 6.45) is 0.920. The van der Waals surface area contributed by atoms with E-state index < -0.39 is 0 Å². The highest BCUT2D eigenvalue weighted by Gasteiger charge is 2.21. The van der Waals surface area contributed by atoms with Gasteiger partial charge in [0.1, 0.15) is 18.2 Å². The molecule has 0 fully saturated rings. The molecule has 0 saturated heterocycles. The lowest BCUT2D eigenvalue weighted by atomic mass is 10.1. The Morgan fingerprint density at radius 2 is 2.00 bits per heavy atom. The van der Waals surface area contributed by atoms with Gasteiger partial charge in [-0.3, -0.25) is 0 Å². The van der Waals surface area contributed by atoms with Crippen LogP contribution in [0.3, 0.4) is 0 Å². The predicted molar refractivity (Wildman–Crippen MR) is 110 cm³/mol. The number of quaternary nitrogens is 1. The lowest BCUT2D eigenvalue weighted by molar-refractivity contribution is -0.923. The van der Waals surface area contributed by atoms with Gasteiger partial charge in [-0.1, -0.05) is 31.2 Å². The minimum Gasteiger partial charge on any atom is -0.423 e. The third-order valence-corrected chi connectivity index (χ3v) is 6.41. The summed E-state index contributed by atoms with van der Waals surface area (Å²) in [7, 11) is 2.15. The Bertz CT molecular complexity index is 1130. The van der Waals surface area contributed by atoms with Crippen LogP contribution in [0.5, 0.6) is 0 Å². The summed E-state index contributed by atoms with van der Waals surface area (Å²) < 4.78 is 6.65. The number of hydrogen-bond donors (Lipinski definition) is 1. The van der Waals surface area contributed by atoms with Gasteiger partial charge in [-0.2, -0.15) is 0 Å². The molecule has 2 heterocycles. The van der Waals surface area contributed by atoms with Crippen LogP contribution in [0, 0.1) is 0 Å². The fourth-order valence-electron chi connectivity index (χ4n) is 3.38. The summed E-state index contributed by atoms with van der Waals surface area (Å²) in [5.41, 5.74) is 3.64. The van der Waals surface area contributed by atoms with Crippen molar-refractivity contribution in [2.75, 3.05) is 7.05 Å². The molecule has 4 rings (SSSR count). The lowest BCUT2D eigenvalue weighted by Crippen LogP contribution is -3.07. The highest BCUT2D eigenvalue weighted by atomic mass is 32.1. The Labute approximate surface area is 162 Å². The standard InChI is InChI=1S/C22H22N2O2S/c1-4-15-9-10-17-16(12-21(25)26-19(17)11-15)13-24(3)14(2)22-23-18-7-5-6-8-20(18)27-22/h5-12,14H,4,13H2,1-3H3/p+1/t14-/m1/s1. The van der Waals surface area contributed by atoms with Crippen LogP contribution >= 0.6 is 11.3 Å². The molecule has 2 aromatic heterocycles. The molecule has 0 aliphatic heterocycles. The molecule has 1 unspecified atom stereocenters. The Kier molecular flexibility index (Phi) is 4.81. The predicted octanol–water partition coefficient (Wildman–Crippen LogP) is 3.74. The second-order valence-electron chi connectivity index (χ2n) is 7.04. The molecule has 0 radical (unpaired) electrons. The van der Waals surface area contributed by atoms with Crippen molar-refractivity contribution >= 4 is 32.5 Å². The average molecular weight is 380 g/mol. The first kappa shape index (κ1) is 17.9. The first-order valence-corrected chi connectivity index (χ1v) is 10.1. The summed E-state index contributed by atoms with van der Waals surface area (Å²) in [6, 6.07) is 16.3. The van der Waals surface area contributed by atoms with Crippen LogP contribution in [-0.4, -0.2) is 12.0 Å². The Balaban J connectivity index is 1.65. The van der Waals surface area contributed by atoms with Crippen molar-refractivity contribution in [2.24, 2.45) is 0 Å². The first-order chi connectivity index (χ1) is 13.0. The number of rotatable bonds is 5. The Hall–Kier alpha value is -2.50. The van der Waals surface area contributed by atoms with Crippen molar-refractivity contribution < 1.29 is 9.32 Å². The normalized spacial score (nSPS) is 13.9. The highest BCUT2D eigenvalue weighted by Crippen LogP contribution is 2.25. The molecule has 0 aliphatic rings. The van der Waals surface area contributed by atoms with Crippen LogP contribution in [0.1, 0.15) is 36.0 Å². The fourth-order valence-corrected chi connectivity index (χ4v) is 4.49. The van der Waals surface area contributed by atoms with E-state index in [1.54, 1.807) is 17.4 Å². The molecular weight excluding hydrogens is 356 g/mol. The van der Waals surface area contributed by atoms with Crippen LogP contribution in [0.4, 0.5) is 0 Å². The van der Waals surface area contributed by atoms with Crippen molar-refractivity contribution in [3.05, 3.63) is 75.1 Å². The molecule has 0 bridgehead atoms. The molecule has 1 N–H and O–H groups in total. The van der Waals surface area contributed by atoms with Crippen molar-refractivity contribution in [2.45, 2.75) is 32.9 Å². The van der Waals surface area contributed by atoms with Gasteiger partial charge in [-0.15, -0.1) is 11.3 Å². The van der Waals surface area contributed by atoms with Gasteiger partial charge in [0, 0.05) is 17.0 Å². The van der Waals surface area contributed by atoms with E-state index in [-0.39, 0.29) is 11.7 Å².